The normalized spacial score (nSPS) is 11.4. The van der Waals surface area contributed by atoms with Crippen LogP contribution >= 0.6 is 11.8 Å². The maximum Gasteiger partial charge on any atom is 0.195 e. The fourth-order valence-corrected chi connectivity index (χ4v) is 6.03. The molecule has 0 amide bonds. The molecule has 6 nitrogen and oxygen atoms in total. The van der Waals surface area contributed by atoms with Crippen LogP contribution in [-0.2, 0) is 16.3 Å². The lowest BCUT2D eigenvalue weighted by molar-refractivity contribution is 0.340. The van der Waals surface area contributed by atoms with Crippen molar-refractivity contribution in [2.24, 2.45) is 0 Å². The van der Waals surface area contributed by atoms with Crippen molar-refractivity contribution in [2.45, 2.75) is 23.4 Å². The Morgan fingerprint density at radius 3 is 2.21 bits per heavy atom. The number of ether oxygens (including phenoxy) is 1. The second kappa shape index (κ2) is 10.7. The van der Waals surface area contributed by atoms with Gasteiger partial charge in [-0.15, -0.1) is 10.2 Å². The molecule has 0 aliphatic rings. The van der Waals surface area contributed by atoms with Gasteiger partial charge in [-0.3, -0.25) is 4.57 Å². The number of aromatic nitrogens is 3. The van der Waals surface area contributed by atoms with Crippen LogP contribution in [0.4, 0.5) is 0 Å². The standard InChI is InChI=1S/C25H25N3O3S2/c1-2-31-22-15-13-21(14-16-22)28-24(19-20-9-5-3-6-10-20)26-27-25(28)32-17-18-33(29,30)23-11-7-4-8-12-23/h3-16H,2,17-19H2,1H3. The Morgan fingerprint density at radius 2 is 1.55 bits per heavy atom. The molecule has 4 rings (SSSR count). The summed E-state index contributed by atoms with van der Waals surface area (Å²) in [6.45, 7) is 2.55. The zero-order valence-electron chi connectivity index (χ0n) is 18.3. The van der Waals surface area contributed by atoms with Crippen LogP contribution in [0.25, 0.3) is 5.69 Å². The van der Waals surface area contributed by atoms with Crippen LogP contribution in [0.2, 0.25) is 0 Å². The van der Waals surface area contributed by atoms with E-state index < -0.39 is 9.84 Å². The molecule has 0 bridgehead atoms. The van der Waals surface area contributed by atoms with Gasteiger partial charge in [-0.2, -0.15) is 0 Å². The van der Waals surface area contributed by atoms with Crippen molar-refractivity contribution in [2.75, 3.05) is 18.1 Å². The fourth-order valence-electron chi connectivity index (χ4n) is 3.39. The summed E-state index contributed by atoms with van der Waals surface area (Å²) in [4.78, 5) is 0.336. The molecule has 0 N–H and O–H groups in total. The molecule has 0 radical (unpaired) electrons. The van der Waals surface area contributed by atoms with Gasteiger partial charge < -0.3 is 4.74 Å². The molecule has 4 aromatic rings. The Hall–Kier alpha value is -3.10. The topological polar surface area (TPSA) is 74.1 Å². The van der Waals surface area contributed by atoms with Crippen molar-refractivity contribution in [1.82, 2.24) is 14.8 Å². The Morgan fingerprint density at radius 1 is 0.879 bits per heavy atom. The van der Waals surface area contributed by atoms with E-state index in [1.807, 2.05) is 54.0 Å². The first-order chi connectivity index (χ1) is 16.1. The van der Waals surface area contributed by atoms with E-state index >= 15 is 0 Å². The van der Waals surface area contributed by atoms with Gasteiger partial charge in [-0.05, 0) is 48.9 Å². The molecule has 0 saturated heterocycles. The van der Waals surface area contributed by atoms with Crippen LogP contribution in [0.15, 0.2) is 95.0 Å². The molecule has 0 fully saturated rings. The number of rotatable bonds is 10. The van der Waals surface area contributed by atoms with E-state index in [4.69, 9.17) is 4.74 Å². The number of hydrogen-bond donors (Lipinski definition) is 0. The van der Waals surface area contributed by atoms with Crippen LogP contribution in [0, 0.1) is 0 Å². The second-order valence-electron chi connectivity index (χ2n) is 7.30. The van der Waals surface area contributed by atoms with Gasteiger partial charge in [0.25, 0.3) is 0 Å². The molecule has 170 valence electrons. The third-order valence-corrected chi connectivity index (χ3v) is 7.92. The minimum absolute atomic E-state index is 0.0197. The van der Waals surface area contributed by atoms with E-state index in [2.05, 4.69) is 22.3 Å². The molecule has 0 saturated carbocycles. The molecule has 0 aliphatic carbocycles. The summed E-state index contributed by atoms with van der Waals surface area (Å²) in [5.74, 6) is 1.98. The summed E-state index contributed by atoms with van der Waals surface area (Å²) >= 11 is 1.39. The van der Waals surface area contributed by atoms with E-state index in [0.29, 0.717) is 28.8 Å². The van der Waals surface area contributed by atoms with Crippen molar-refractivity contribution in [3.63, 3.8) is 0 Å². The Balaban J connectivity index is 1.58. The third kappa shape index (κ3) is 5.83. The first kappa shape index (κ1) is 23.1. The van der Waals surface area contributed by atoms with E-state index in [-0.39, 0.29) is 5.75 Å². The molecule has 0 atom stereocenters. The smallest absolute Gasteiger partial charge is 0.195 e. The van der Waals surface area contributed by atoms with Gasteiger partial charge >= 0.3 is 0 Å². The van der Waals surface area contributed by atoms with E-state index in [1.54, 1.807) is 30.3 Å². The molecule has 8 heteroatoms. The first-order valence-electron chi connectivity index (χ1n) is 10.7. The first-order valence-corrected chi connectivity index (χ1v) is 13.3. The molecule has 0 unspecified atom stereocenters. The summed E-state index contributed by atoms with van der Waals surface area (Å²) in [6.07, 6.45) is 0.615. The van der Waals surface area contributed by atoms with Crippen LogP contribution in [0.5, 0.6) is 5.75 Å². The minimum atomic E-state index is -3.36. The summed E-state index contributed by atoms with van der Waals surface area (Å²) in [5.41, 5.74) is 2.03. The number of nitrogens with zero attached hydrogens (tertiary/aromatic N) is 3. The molecule has 1 aromatic heterocycles. The molecular weight excluding hydrogens is 454 g/mol. The highest BCUT2D eigenvalue weighted by Gasteiger charge is 2.18. The van der Waals surface area contributed by atoms with Crippen molar-refractivity contribution in [1.29, 1.82) is 0 Å². The number of thioether (sulfide) groups is 1. The zero-order valence-corrected chi connectivity index (χ0v) is 19.9. The average molecular weight is 480 g/mol. The van der Waals surface area contributed by atoms with Crippen LogP contribution < -0.4 is 4.74 Å². The summed E-state index contributed by atoms with van der Waals surface area (Å²) in [7, 11) is -3.36. The average Bonchev–Trinajstić information content (AvgIpc) is 3.23. The zero-order chi connectivity index (χ0) is 23.1. The van der Waals surface area contributed by atoms with Gasteiger partial charge in [0.05, 0.1) is 17.3 Å². The summed E-state index contributed by atoms with van der Waals surface area (Å²) in [5, 5.41) is 9.48. The monoisotopic (exact) mass is 479 g/mol. The highest BCUT2D eigenvalue weighted by Crippen LogP contribution is 2.26. The van der Waals surface area contributed by atoms with Gasteiger partial charge in [0.2, 0.25) is 0 Å². The van der Waals surface area contributed by atoms with Gasteiger partial charge in [0.15, 0.2) is 15.0 Å². The van der Waals surface area contributed by atoms with E-state index in [0.717, 1.165) is 22.8 Å². The Labute approximate surface area is 198 Å². The van der Waals surface area contributed by atoms with E-state index in [9.17, 15) is 8.42 Å². The van der Waals surface area contributed by atoms with Crippen molar-refractivity contribution < 1.29 is 13.2 Å². The highest BCUT2D eigenvalue weighted by molar-refractivity contribution is 8.00. The predicted molar refractivity (Wildman–Crippen MR) is 131 cm³/mol. The lowest BCUT2D eigenvalue weighted by Gasteiger charge is -2.12. The maximum absolute atomic E-state index is 12.7. The predicted octanol–water partition coefficient (Wildman–Crippen LogP) is 4.82. The van der Waals surface area contributed by atoms with Crippen molar-refractivity contribution in [3.05, 3.63) is 96.3 Å². The maximum atomic E-state index is 12.7. The van der Waals surface area contributed by atoms with Crippen molar-refractivity contribution >= 4 is 21.6 Å². The molecule has 0 aliphatic heterocycles. The fraction of sp³-hybridized carbons (Fsp3) is 0.200. The number of sulfone groups is 1. The van der Waals surface area contributed by atoms with Crippen LogP contribution in [0.1, 0.15) is 18.3 Å². The van der Waals surface area contributed by atoms with Crippen LogP contribution in [0.3, 0.4) is 0 Å². The van der Waals surface area contributed by atoms with E-state index in [1.165, 1.54) is 11.8 Å². The molecular formula is C25H25N3O3S2. The van der Waals surface area contributed by atoms with Gasteiger partial charge in [0, 0.05) is 17.9 Å². The molecule has 33 heavy (non-hydrogen) atoms. The van der Waals surface area contributed by atoms with Crippen LogP contribution in [-0.4, -0.2) is 41.3 Å². The quantitative estimate of drug-likeness (QED) is 0.304. The third-order valence-electron chi connectivity index (χ3n) is 5.00. The van der Waals surface area contributed by atoms with Gasteiger partial charge in [0.1, 0.15) is 11.6 Å². The lowest BCUT2D eigenvalue weighted by Crippen LogP contribution is -2.10. The number of benzene rings is 3. The minimum Gasteiger partial charge on any atom is -0.494 e. The number of hydrogen-bond acceptors (Lipinski definition) is 6. The molecule has 0 spiro atoms. The highest BCUT2D eigenvalue weighted by atomic mass is 32.2. The SMILES string of the molecule is CCOc1ccc(-n2c(Cc3ccccc3)nnc2SCCS(=O)(=O)c2ccccc2)cc1. The van der Waals surface area contributed by atoms with Crippen molar-refractivity contribution in [3.8, 4) is 11.4 Å². The molecule has 3 aromatic carbocycles. The Bertz CT molecular complexity index is 1270. The summed E-state index contributed by atoms with van der Waals surface area (Å²) < 4.78 is 32.9. The largest absolute Gasteiger partial charge is 0.494 e. The second-order valence-corrected chi connectivity index (χ2v) is 10.5. The Kier molecular flexibility index (Phi) is 7.47. The van der Waals surface area contributed by atoms with Gasteiger partial charge in [-0.1, -0.05) is 60.3 Å². The molecule has 1 heterocycles. The van der Waals surface area contributed by atoms with Gasteiger partial charge in [-0.25, -0.2) is 8.42 Å². The lowest BCUT2D eigenvalue weighted by atomic mass is 10.1. The summed E-state index contributed by atoms with van der Waals surface area (Å²) in [6, 6.07) is 26.4.